The average molecular weight is 357 g/mol. The molecular formula is C20H27N3O3. The van der Waals surface area contributed by atoms with Crippen LogP contribution in [0.4, 0.5) is 0 Å². The molecule has 1 aromatic heterocycles. The normalized spacial score (nSPS) is 11.2. The smallest absolute Gasteiger partial charge is 0.277 e. The monoisotopic (exact) mass is 357 g/mol. The second kappa shape index (κ2) is 9.08. The van der Waals surface area contributed by atoms with E-state index >= 15 is 0 Å². The summed E-state index contributed by atoms with van der Waals surface area (Å²) in [4.78, 5) is 11.9. The quantitative estimate of drug-likeness (QED) is 0.582. The first-order chi connectivity index (χ1) is 12.4. The van der Waals surface area contributed by atoms with E-state index in [4.69, 9.17) is 9.47 Å². The van der Waals surface area contributed by atoms with Gasteiger partial charge in [0.1, 0.15) is 11.5 Å². The van der Waals surface area contributed by atoms with Gasteiger partial charge in [-0.3, -0.25) is 4.79 Å². The maximum Gasteiger partial charge on any atom is 0.277 e. The van der Waals surface area contributed by atoms with Crippen molar-refractivity contribution in [1.29, 1.82) is 0 Å². The highest BCUT2D eigenvalue weighted by Gasteiger charge is 2.09. The summed E-state index contributed by atoms with van der Waals surface area (Å²) in [7, 11) is 1.60. The number of hydrogen-bond donors (Lipinski definition) is 1. The molecule has 6 nitrogen and oxygen atoms in total. The molecule has 0 radical (unpaired) electrons. The lowest BCUT2D eigenvalue weighted by molar-refractivity contribution is -0.123. The van der Waals surface area contributed by atoms with Crippen molar-refractivity contribution in [1.82, 2.24) is 9.99 Å². The molecule has 0 saturated heterocycles. The molecule has 0 aliphatic rings. The minimum Gasteiger partial charge on any atom is -0.497 e. The van der Waals surface area contributed by atoms with Crippen LogP contribution in [0.2, 0.25) is 0 Å². The number of methoxy groups -OCH3 is 1. The van der Waals surface area contributed by atoms with Gasteiger partial charge in [-0.1, -0.05) is 13.8 Å². The van der Waals surface area contributed by atoms with Gasteiger partial charge in [0.25, 0.3) is 5.91 Å². The van der Waals surface area contributed by atoms with Gasteiger partial charge in [-0.25, -0.2) is 5.43 Å². The van der Waals surface area contributed by atoms with Crippen LogP contribution in [0.25, 0.3) is 0 Å². The molecule has 0 bridgehead atoms. The molecule has 0 aliphatic carbocycles. The first-order valence-electron chi connectivity index (χ1n) is 8.66. The third-order valence-electron chi connectivity index (χ3n) is 3.98. The van der Waals surface area contributed by atoms with Crippen molar-refractivity contribution in [2.75, 3.05) is 13.7 Å². The van der Waals surface area contributed by atoms with Crippen LogP contribution in [0.5, 0.6) is 11.5 Å². The lowest BCUT2D eigenvalue weighted by Gasteiger charge is -2.11. The molecular weight excluding hydrogens is 330 g/mol. The van der Waals surface area contributed by atoms with Crippen molar-refractivity contribution >= 4 is 12.1 Å². The Hall–Kier alpha value is -2.76. The van der Waals surface area contributed by atoms with Crippen molar-refractivity contribution in [2.45, 2.75) is 34.2 Å². The van der Waals surface area contributed by atoms with E-state index in [9.17, 15) is 4.79 Å². The second-order valence-electron chi connectivity index (χ2n) is 6.59. The number of aromatic nitrogens is 1. The molecule has 0 aliphatic heterocycles. The molecule has 140 valence electrons. The Kier molecular flexibility index (Phi) is 6.83. The van der Waals surface area contributed by atoms with E-state index in [1.165, 1.54) is 5.69 Å². The van der Waals surface area contributed by atoms with E-state index < -0.39 is 0 Å². The summed E-state index contributed by atoms with van der Waals surface area (Å²) in [6.07, 6.45) is 1.67. The highest BCUT2D eigenvalue weighted by Crippen LogP contribution is 2.17. The molecule has 6 heteroatoms. The molecule has 0 saturated carbocycles. The zero-order valence-corrected chi connectivity index (χ0v) is 16.1. The Balaban J connectivity index is 1.86. The summed E-state index contributed by atoms with van der Waals surface area (Å²) >= 11 is 0. The van der Waals surface area contributed by atoms with Crippen molar-refractivity contribution in [3.8, 4) is 11.5 Å². The van der Waals surface area contributed by atoms with Gasteiger partial charge < -0.3 is 14.0 Å². The Bertz CT molecular complexity index is 761. The van der Waals surface area contributed by atoms with Gasteiger partial charge in [-0.05, 0) is 50.1 Å². The van der Waals surface area contributed by atoms with Crippen LogP contribution < -0.4 is 14.9 Å². The lowest BCUT2D eigenvalue weighted by Crippen LogP contribution is -2.24. The Morgan fingerprint density at radius 1 is 1.23 bits per heavy atom. The van der Waals surface area contributed by atoms with Crippen molar-refractivity contribution in [2.24, 2.45) is 11.0 Å². The third-order valence-corrected chi connectivity index (χ3v) is 3.98. The molecule has 0 unspecified atom stereocenters. The van der Waals surface area contributed by atoms with E-state index in [1.807, 2.05) is 0 Å². The molecule has 1 aromatic carbocycles. The number of ether oxygens (including phenoxy) is 2. The number of nitrogens with one attached hydrogen (secondary N) is 1. The van der Waals surface area contributed by atoms with Crippen molar-refractivity contribution in [3.05, 3.63) is 47.3 Å². The van der Waals surface area contributed by atoms with Crippen LogP contribution in [-0.4, -0.2) is 30.4 Å². The van der Waals surface area contributed by atoms with Gasteiger partial charge in [0, 0.05) is 23.5 Å². The fourth-order valence-electron chi connectivity index (χ4n) is 2.63. The van der Waals surface area contributed by atoms with E-state index in [0.717, 1.165) is 23.6 Å². The summed E-state index contributed by atoms with van der Waals surface area (Å²) in [6.45, 7) is 9.38. The highest BCUT2D eigenvalue weighted by atomic mass is 16.5. The van der Waals surface area contributed by atoms with Crippen molar-refractivity contribution < 1.29 is 14.3 Å². The number of rotatable bonds is 8. The fourth-order valence-corrected chi connectivity index (χ4v) is 2.63. The van der Waals surface area contributed by atoms with E-state index in [1.54, 1.807) is 37.6 Å². The number of hydrogen-bond acceptors (Lipinski definition) is 4. The lowest BCUT2D eigenvalue weighted by atomic mass is 10.2. The molecule has 0 spiro atoms. The summed E-state index contributed by atoms with van der Waals surface area (Å²) in [5, 5.41) is 4.04. The Labute approximate surface area is 154 Å². The number of carbonyl (C=O) groups excluding carboxylic acids is 1. The van der Waals surface area contributed by atoms with E-state index in [0.29, 0.717) is 11.7 Å². The molecule has 1 N–H and O–H groups in total. The second-order valence-corrected chi connectivity index (χ2v) is 6.59. The average Bonchev–Trinajstić information content (AvgIpc) is 2.87. The molecule has 26 heavy (non-hydrogen) atoms. The zero-order valence-electron chi connectivity index (χ0n) is 16.1. The maximum absolute atomic E-state index is 11.9. The topological polar surface area (TPSA) is 64.8 Å². The number of benzene rings is 1. The van der Waals surface area contributed by atoms with Gasteiger partial charge in [0.2, 0.25) is 0 Å². The first kappa shape index (κ1) is 19.6. The van der Waals surface area contributed by atoms with Gasteiger partial charge >= 0.3 is 0 Å². The number of aryl methyl sites for hydroxylation is 1. The van der Waals surface area contributed by atoms with Crippen molar-refractivity contribution in [3.63, 3.8) is 0 Å². The Morgan fingerprint density at radius 2 is 1.88 bits per heavy atom. The zero-order chi connectivity index (χ0) is 19.1. The minimum atomic E-state index is -0.312. The number of amides is 1. The maximum atomic E-state index is 11.9. The van der Waals surface area contributed by atoms with Crippen LogP contribution in [-0.2, 0) is 11.3 Å². The predicted octanol–water partition coefficient (Wildman–Crippen LogP) is 3.30. The summed E-state index contributed by atoms with van der Waals surface area (Å²) in [6, 6.07) is 9.12. The van der Waals surface area contributed by atoms with Crippen LogP contribution in [0.1, 0.15) is 30.8 Å². The molecule has 0 fully saturated rings. The summed E-state index contributed by atoms with van der Waals surface area (Å²) < 4.78 is 12.8. The van der Waals surface area contributed by atoms with Gasteiger partial charge in [-0.15, -0.1) is 0 Å². The van der Waals surface area contributed by atoms with Gasteiger partial charge in [0.15, 0.2) is 6.61 Å². The summed E-state index contributed by atoms with van der Waals surface area (Å²) in [5.74, 6) is 1.59. The minimum absolute atomic E-state index is 0.101. The SMILES string of the molecule is COc1ccc(OCC(=O)N/N=C\c2cc(C)n(CC(C)C)c2C)cc1. The third kappa shape index (κ3) is 5.37. The largest absolute Gasteiger partial charge is 0.497 e. The van der Waals surface area contributed by atoms with Gasteiger partial charge in [0.05, 0.1) is 13.3 Å². The van der Waals surface area contributed by atoms with E-state index in [-0.39, 0.29) is 12.5 Å². The van der Waals surface area contributed by atoms with Crippen LogP contribution in [0, 0.1) is 19.8 Å². The molecule has 2 aromatic rings. The van der Waals surface area contributed by atoms with Crippen LogP contribution in [0.3, 0.4) is 0 Å². The summed E-state index contributed by atoms with van der Waals surface area (Å²) in [5.41, 5.74) is 5.82. The standard InChI is InChI=1S/C20H27N3O3/c1-14(2)12-23-15(3)10-17(16(23)4)11-21-22-20(24)13-26-19-8-6-18(25-5)7-9-19/h6-11,14H,12-13H2,1-5H3,(H,22,24)/b21-11-. The van der Waals surface area contributed by atoms with Crippen LogP contribution in [0.15, 0.2) is 35.4 Å². The fraction of sp³-hybridized carbons (Fsp3) is 0.400. The molecule has 0 atom stereocenters. The highest BCUT2D eigenvalue weighted by molar-refractivity contribution is 5.84. The number of hydrazone groups is 1. The van der Waals surface area contributed by atoms with Crippen LogP contribution >= 0.6 is 0 Å². The van der Waals surface area contributed by atoms with E-state index in [2.05, 4.69) is 48.9 Å². The molecule has 1 heterocycles. The van der Waals surface area contributed by atoms with Gasteiger partial charge in [-0.2, -0.15) is 5.10 Å². The number of nitrogens with zero attached hydrogens (tertiary/aromatic N) is 2. The Morgan fingerprint density at radius 3 is 2.50 bits per heavy atom. The molecule has 1 amide bonds. The predicted molar refractivity (Wildman–Crippen MR) is 103 cm³/mol. The number of carbonyl (C=O) groups is 1. The molecule has 2 rings (SSSR count). The first-order valence-corrected chi connectivity index (χ1v) is 8.66.